The molecule has 2 amide bonds. The maximum absolute atomic E-state index is 15.2. The molecule has 0 saturated carbocycles. The average molecular weight is 513 g/mol. The second kappa shape index (κ2) is 10.2. The van der Waals surface area contributed by atoms with E-state index in [-0.39, 0.29) is 23.8 Å². The van der Waals surface area contributed by atoms with Crippen LogP contribution in [0.5, 0.6) is 0 Å². The molecule has 2 aromatic carbocycles. The van der Waals surface area contributed by atoms with Crippen molar-refractivity contribution in [2.75, 3.05) is 0 Å². The van der Waals surface area contributed by atoms with Gasteiger partial charge in [-0.15, -0.1) is 0 Å². The number of benzene rings is 2. The van der Waals surface area contributed by atoms with E-state index in [1.54, 1.807) is 20.8 Å². The number of amides is 2. The Labute approximate surface area is 216 Å². The summed E-state index contributed by atoms with van der Waals surface area (Å²) in [5.74, 6) is -3.75. The van der Waals surface area contributed by atoms with E-state index in [4.69, 9.17) is 4.74 Å². The van der Waals surface area contributed by atoms with Gasteiger partial charge in [-0.1, -0.05) is 44.2 Å². The molecule has 1 aliphatic carbocycles. The van der Waals surface area contributed by atoms with Gasteiger partial charge in [0.1, 0.15) is 29.3 Å². The lowest BCUT2D eigenvalue weighted by molar-refractivity contribution is -0.172. The molecule has 3 atom stereocenters. The number of ether oxygens (including phenoxy) is 1. The Morgan fingerprint density at radius 1 is 1.08 bits per heavy atom. The van der Waals surface area contributed by atoms with Gasteiger partial charge in [-0.2, -0.15) is 0 Å². The fourth-order valence-electron chi connectivity index (χ4n) is 5.35. The summed E-state index contributed by atoms with van der Waals surface area (Å²) in [4.78, 5) is 42.4. The molecule has 37 heavy (non-hydrogen) atoms. The Morgan fingerprint density at radius 2 is 1.70 bits per heavy atom. The van der Waals surface area contributed by atoms with Crippen molar-refractivity contribution in [1.82, 2.24) is 10.2 Å². The van der Waals surface area contributed by atoms with Gasteiger partial charge in [-0.3, -0.25) is 9.59 Å². The number of piperazine rings is 1. The van der Waals surface area contributed by atoms with Crippen LogP contribution in [0.25, 0.3) is 0 Å². The van der Waals surface area contributed by atoms with E-state index in [0.29, 0.717) is 18.9 Å². The molecule has 0 aromatic heterocycles. The highest BCUT2D eigenvalue weighted by Crippen LogP contribution is 2.37. The van der Waals surface area contributed by atoms with Gasteiger partial charge in [-0.25, -0.2) is 13.6 Å². The van der Waals surface area contributed by atoms with Gasteiger partial charge in [0.05, 0.1) is 0 Å². The van der Waals surface area contributed by atoms with E-state index in [2.05, 4.69) is 5.32 Å². The maximum atomic E-state index is 15.2. The van der Waals surface area contributed by atoms with E-state index in [1.165, 1.54) is 4.90 Å². The van der Waals surface area contributed by atoms with Gasteiger partial charge < -0.3 is 15.0 Å². The van der Waals surface area contributed by atoms with Crippen LogP contribution in [0.15, 0.2) is 42.5 Å². The summed E-state index contributed by atoms with van der Waals surface area (Å²) in [5, 5.41) is 2.91. The van der Waals surface area contributed by atoms with E-state index in [0.717, 1.165) is 23.3 Å². The second-order valence-corrected chi connectivity index (χ2v) is 11.4. The van der Waals surface area contributed by atoms with Crippen molar-refractivity contribution in [2.45, 2.75) is 77.6 Å². The number of rotatable bonds is 6. The van der Waals surface area contributed by atoms with E-state index >= 15 is 4.39 Å². The highest BCUT2D eigenvalue weighted by atomic mass is 19.1. The standard InChI is InChI=1S/C29H34F2N2O4/c1-16(2)12-23-26(34)32-24(19-13-17-8-6-7-9-18(17)14-19)27(35)33(23)25(28(36)37-29(3,4)5)21-11-10-20(30)15-22(21)31/h6-11,15-16,19,23-25H,12-14H2,1-5H3,(H,32,34). The topological polar surface area (TPSA) is 75.7 Å². The highest BCUT2D eigenvalue weighted by Gasteiger charge is 2.50. The number of esters is 1. The van der Waals surface area contributed by atoms with Crippen LogP contribution in [0.3, 0.4) is 0 Å². The molecule has 2 aliphatic rings. The molecule has 3 unspecified atom stereocenters. The van der Waals surface area contributed by atoms with Gasteiger partial charge in [0.2, 0.25) is 11.8 Å². The molecule has 1 fully saturated rings. The van der Waals surface area contributed by atoms with Gasteiger partial charge in [0.15, 0.2) is 6.04 Å². The molecular formula is C29H34F2N2O4. The summed E-state index contributed by atoms with van der Waals surface area (Å²) >= 11 is 0. The van der Waals surface area contributed by atoms with Crippen LogP contribution in [0, 0.1) is 23.5 Å². The van der Waals surface area contributed by atoms with Crippen LogP contribution in [0.1, 0.15) is 63.8 Å². The van der Waals surface area contributed by atoms with Gasteiger partial charge >= 0.3 is 5.97 Å². The molecule has 1 aliphatic heterocycles. The minimum absolute atomic E-state index is 0.00399. The third kappa shape index (κ3) is 5.68. The Bertz CT molecular complexity index is 1180. The number of fused-ring (bicyclic) bond motifs is 1. The Hall–Kier alpha value is -3.29. The number of hydrogen-bond acceptors (Lipinski definition) is 4. The first-order valence-electron chi connectivity index (χ1n) is 12.7. The van der Waals surface area contributed by atoms with Crippen molar-refractivity contribution in [1.29, 1.82) is 0 Å². The Kier molecular flexibility index (Phi) is 7.40. The molecule has 1 heterocycles. The van der Waals surface area contributed by atoms with E-state index in [1.807, 2.05) is 38.1 Å². The zero-order valence-corrected chi connectivity index (χ0v) is 21.9. The van der Waals surface area contributed by atoms with E-state index < -0.39 is 53.1 Å². The fraction of sp³-hybridized carbons (Fsp3) is 0.483. The van der Waals surface area contributed by atoms with Crippen molar-refractivity contribution in [3.8, 4) is 0 Å². The van der Waals surface area contributed by atoms with Crippen molar-refractivity contribution in [3.05, 3.63) is 70.8 Å². The van der Waals surface area contributed by atoms with Crippen LogP contribution in [-0.4, -0.2) is 40.4 Å². The van der Waals surface area contributed by atoms with E-state index in [9.17, 15) is 18.8 Å². The molecule has 1 saturated heterocycles. The zero-order valence-electron chi connectivity index (χ0n) is 21.9. The SMILES string of the molecule is CC(C)CC1C(=O)NC(C2Cc3ccccc3C2)C(=O)N1C(C(=O)OC(C)(C)C)c1ccc(F)cc1F. The molecular weight excluding hydrogens is 478 g/mol. The smallest absolute Gasteiger partial charge is 0.334 e. The summed E-state index contributed by atoms with van der Waals surface area (Å²) in [5.41, 5.74) is 1.07. The lowest BCUT2D eigenvalue weighted by Gasteiger charge is -2.45. The minimum atomic E-state index is -1.55. The number of hydrogen-bond donors (Lipinski definition) is 1. The van der Waals surface area contributed by atoms with Crippen LogP contribution in [0.4, 0.5) is 8.78 Å². The third-order valence-electron chi connectivity index (χ3n) is 6.87. The number of carbonyl (C=O) groups excluding carboxylic acids is 3. The number of nitrogens with one attached hydrogen (secondary N) is 1. The quantitative estimate of drug-likeness (QED) is 0.578. The third-order valence-corrected chi connectivity index (χ3v) is 6.87. The molecule has 0 radical (unpaired) electrons. The Balaban J connectivity index is 1.79. The molecule has 8 heteroatoms. The van der Waals surface area contributed by atoms with Gasteiger partial charge in [0, 0.05) is 11.6 Å². The van der Waals surface area contributed by atoms with Gasteiger partial charge in [0.25, 0.3) is 0 Å². The van der Waals surface area contributed by atoms with Crippen molar-refractivity contribution in [3.63, 3.8) is 0 Å². The first kappa shape index (κ1) is 26.8. The molecule has 0 spiro atoms. The van der Waals surface area contributed by atoms with Crippen LogP contribution >= 0.6 is 0 Å². The summed E-state index contributed by atoms with van der Waals surface area (Å²) in [6.07, 6.45) is 1.45. The predicted molar refractivity (Wildman–Crippen MR) is 134 cm³/mol. The van der Waals surface area contributed by atoms with Crippen LogP contribution < -0.4 is 5.32 Å². The first-order valence-corrected chi connectivity index (χ1v) is 12.7. The number of carbonyl (C=O) groups is 3. The average Bonchev–Trinajstić information content (AvgIpc) is 3.22. The lowest BCUT2D eigenvalue weighted by Crippen LogP contribution is -2.67. The monoisotopic (exact) mass is 512 g/mol. The van der Waals surface area contributed by atoms with Gasteiger partial charge in [-0.05, 0) is 69.1 Å². The summed E-state index contributed by atoms with van der Waals surface area (Å²) in [6, 6.07) is 7.26. The molecule has 0 bridgehead atoms. The summed E-state index contributed by atoms with van der Waals surface area (Å²) in [6.45, 7) is 8.79. The maximum Gasteiger partial charge on any atom is 0.334 e. The second-order valence-electron chi connectivity index (χ2n) is 11.4. The number of nitrogens with zero attached hydrogens (tertiary/aromatic N) is 1. The predicted octanol–water partition coefficient (Wildman–Crippen LogP) is 4.50. The molecule has 1 N–H and O–H groups in total. The first-order chi connectivity index (χ1) is 17.4. The molecule has 6 nitrogen and oxygen atoms in total. The number of halogens is 2. The zero-order chi connectivity index (χ0) is 27.1. The summed E-state index contributed by atoms with van der Waals surface area (Å²) < 4.78 is 34.6. The largest absolute Gasteiger partial charge is 0.458 e. The molecule has 2 aromatic rings. The highest BCUT2D eigenvalue weighted by molar-refractivity contribution is 5.99. The minimum Gasteiger partial charge on any atom is -0.458 e. The Morgan fingerprint density at radius 3 is 2.24 bits per heavy atom. The normalized spacial score (nSPS) is 21.1. The van der Waals surface area contributed by atoms with Crippen molar-refractivity contribution >= 4 is 17.8 Å². The lowest BCUT2D eigenvalue weighted by atomic mass is 9.88. The fourth-order valence-corrected chi connectivity index (χ4v) is 5.35. The van der Waals surface area contributed by atoms with Crippen LogP contribution in [0.2, 0.25) is 0 Å². The summed E-state index contributed by atoms with van der Waals surface area (Å²) in [7, 11) is 0. The van der Waals surface area contributed by atoms with Crippen molar-refractivity contribution < 1.29 is 27.9 Å². The molecule has 198 valence electrons. The molecule has 4 rings (SSSR count). The van der Waals surface area contributed by atoms with Crippen LogP contribution in [-0.2, 0) is 32.0 Å². The van der Waals surface area contributed by atoms with Crippen molar-refractivity contribution in [2.24, 2.45) is 11.8 Å².